The van der Waals surface area contributed by atoms with Gasteiger partial charge < -0.3 is 5.32 Å². The number of carbonyl (C=O) groups excluding carboxylic acids is 1. The van der Waals surface area contributed by atoms with Crippen molar-refractivity contribution in [2.75, 3.05) is 0 Å². The minimum atomic E-state index is -0.368. The molecule has 0 spiro atoms. The van der Waals surface area contributed by atoms with E-state index in [9.17, 15) is 4.79 Å². The normalized spacial score (nSPS) is 11.2. The molecule has 12 heavy (non-hydrogen) atoms. The largest absolute Gasteiger partial charge is 0.337 e. The number of amides is 1. The molecule has 0 radical (unpaired) electrons. The smallest absolute Gasteiger partial charge is 0.244 e. The van der Waals surface area contributed by atoms with Gasteiger partial charge in [0.05, 0.1) is 6.07 Å². The highest BCUT2D eigenvalue weighted by molar-refractivity contribution is 5.88. The zero-order valence-corrected chi connectivity index (χ0v) is 7.72. The predicted molar refractivity (Wildman–Crippen MR) is 47.3 cm³/mol. The van der Waals surface area contributed by atoms with Gasteiger partial charge in [-0.25, -0.2) is 0 Å². The Balaban J connectivity index is 4.02. The van der Waals surface area contributed by atoms with Gasteiger partial charge in [-0.15, -0.1) is 0 Å². The van der Waals surface area contributed by atoms with E-state index >= 15 is 0 Å². The van der Waals surface area contributed by atoms with Crippen molar-refractivity contribution in [3.63, 3.8) is 0 Å². The fraction of sp³-hybridized carbons (Fsp3) is 0.556. The number of nitriles is 1. The highest BCUT2D eigenvalue weighted by Gasteiger charge is 2.05. The molecule has 0 aliphatic heterocycles. The molecule has 0 aliphatic rings. The summed E-state index contributed by atoms with van der Waals surface area (Å²) in [5.74, 6) is -0.191. The SMILES string of the molecule is CCC(C#N)NC(=O)C=C(C)C. The summed E-state index contributed by atoms with van der Waals surface area (Å²) in [5.41, 5.74) is 0.931. The van der Waals surface area contributed by atoms with Crippen LogP contribution >= 0.6 is 0 Å². The molecule has 0 fully saturated rings. The van der Waals surface area contributed by atoms with Gasteiger partial charge in [0.1, 0.15) is 6.04 Å². The van der Waals surface area contributed by atoms with E-state index < -0.39 is 0 Å². The second-order valence-corrected chi connectivity index (χ2v) is 2.82. The minimum absolute atomic E-state index is 0.191. The average molecular weight is 166 g/mol. The van der Waals surface area contributed by atoms with E-state index in [1.807, 2.05) is 26.8 Å². The van der Waals surface area contributed by atoms with Gasteiger partial charge in [-0.2, -0.15) is 5.26 Å². The van der Waals surface area contributed by atoms with Crippen LogP contribution in [-0.4, -0.2) is 11.9 Å². The maximum Gasteiger partial charge on any atom is 0.244 e. The molecular weight excluding hydrogens is 152 g/mol. The second kappa shape index (κ2) is 5.36. The van der Waals surface area contributed by atoms with Crippen LogP contribution in [0.3, 0.4) is 0 Å². The van der Waals surface area contributed by atoms with E-state index in [2.05, 4.69) is 5.32 Å². The first kappa shape index (κ1) is 10.7. The lowest BCUT2D eigenvalue weighted by Gasteiger charge is -2.05. The van der Waals surface area contributed by atoms with Crippen molar-refractivity contribution in [3.8, 4) is 6.07 Å². The number of nitrogens with one attached hydrogen (secondary N) is 1. The third-order valence-corrected chi connectivity index (χ3v) is 1.30. The number of allylic oxidation sites excluding steroid dienone is 1. The quantitative estimate of drug-likeness (QED) is 0.644. The number of rotatable bonds is 3. The molecule has 1 amide bonds. The van der Waals surface area contributed by atoms with Gasteiger partial charge in [-0.3, -0.25) is 4.79 Å². The van der Waals surface area contributed by atoms with E-state index in [-0.39, 0.29) is 11.9 Å². The third kappa shape index (κ3) is 4.51. The highest BCUT2D eigenvalue weighted by Crippen LogP contribution is 1.91. The Labute approximate surface area is 73.1 Å². The van der Waals surface area contributed by atoms with Gasteiger partial charge in [0, 0.05) is 6.08 Å². The average Bonchev–Trinajstić information content (AvgIpc) is 1.98. The highest BCUT2D eigenvalue weighted by atomic mass is 16.1. The van der Waals surface area contributed by atoms with E-state index in [4.69, 9.17) is 5.26 Å². The zero-order chi connectivity index (χ0) is 9.56. The van der Waals surface area contributed by atoms with Crippen molar-refractivity contribution < 1.29 is 4.79 Å². The Morgan fingerprint density at radius 1 is 1.67 bits per heavy atom. The van der Waals surface area contributed by atoms with Crippen molar-refractivity contribution in [2.45, 2.75) is 33.2 Å². The van der Waals surface area contributed by atoms with Gasteiger partial charge in [-0.1, -0.05) is 12.5 Å². The molecule has 1 atom stereocenters. The molecule has 0 saturated heterocycles. The Hall–Kier alpha value is -1.30. The van der Waals surface area contributed by atoms with Crippen LogP contribution in [0, 0.1) is 11.3 Å². The topological polar surface area (TPSA) is 52.9 Å². The summed E-state index contributed by atoms with van der Waals surface area (Å²) in [5, 5.41) is 11.1. The van der Waals surface area contributed by atoms with E-state index in [0.717, 1.165) is 5.57 Å². The van der Waals surface area contributed by atoms with E-state index in [1.54, 1.807) is 0 Å². The molecule has 66 valence electrons. The minimum Gasteiger partial charge on any atom is -0.337 e. The summed E-state index contributed by atoms with van der Waals surface area (Å²) in [7, 11) is 0. The Morgan fingerprint density at radius 3 is 2.58 bits per heavy atom. The van der Waals surface area contributed by atoms with Crippen LogP contribution in [0.15, 0.2) is 11.6 Å². The maximum absolute atomic E-state index is 11.0. The first-order valence-corrected chi connectivity index (χ1v) is 3.95. The Kier molecular flexibility index (Phi) is 4.78. The lowest BCUT2D eigenvalue weighted by molar-refractivity contribution is -0.116. The van der Waals surface area contributed by atoms with Crippen LogP contribution in [0.5, 0.6) is 0 Å². The standard InChI is InChI=1S/C9H14N2O/c1-4-8(6-10)11-9(12)5-7(2)3/h5,8H,4H2,1-3H3,(H,11,12). The Morgan fingerprint density at radius 2 is 2.25 bits per heavy atom. The summed E-state index contributed by atoms with van der Waals surface area (Å²) in [6.45, 7) is 5.54. The maximum atomic E-state index is 11.0. The predicted octanol–water partition coefficient (Wildman–Crippen LogP) is 1.37. The molecule has 0 aliphatic carbocycles. The zero-order valence-electron chi connectivity index (χ0n) is 7.72. The molecule has 0 aromatic carbocycles. The molecule has 3 heteroatoms. The second-order valence-electron chi connectivity index (χ2n) is 2.82. The van der Waals surface area contributed by atoms with Crippen LogP contribution in [-0.2, 0) is 4.79 Å². The lowest BCUT2D eigenvalue weighted by Crippen LogP contribution is -2.31. The van der Waals surface area contributed by atoms with Crippen molar-refractivity contribution in [1.82, 2.24) is 5.32 Å². The van der Waals surface area contributed by atoms with Gasteiger partial charge >= 0.3 is 0 Å². The fourth-order valence-corrected chi connectivity index (χ4v) is 0.701. The molecule has 0 saturated carbocycles. The number of nitrogens with zero attached hydrogens (tertiary/aromatic N) is 1. The van der Waals surface area contributed by atoms with Gasteiger partial charge in [-0.05, 0) is 20.3 Å². The summed E-state index contributed by atoms with van der Waals surface area (Å²) in [6, 6.07) is 1.63. The number of hydrogen-bond donors (Lipinski definition) is 1. The molecule has 1 N–H and O–H groups in total. The van der Waals surface area contributed by atoms with Crippen molar-refractivity contribution >= 4 is 5.91 Å². The van der Waals surface area contributed by atoms with Crippen molar-refractivity contribution in [2.24, 2.45) is 0 Å². The summed E-state index contributed by atoms with van der Waals surface area (Å²) in [4.78, 5) is 11.0. The molecule has 0 aromatic rings. The van der Waals surface area contributed by atoms with E-state index in [0.29, 0.717) is 6.42 Å². The lowest BCUT2D eigenvalue weighted by atomic mass is 10.2. The molecule has 0 bridgehead atoms. The van der Waals surface area contributed by atoms with Gasteiger partial charge in [0.2, 0.25) is 5.91 Å². The molecule has 1 unspecified atom stereocenters. The van der Waals surface area contributed by atoms with E-state index in [1.165, 1.54) is 6.08 Å². The van der Waals surface area contributed by atoms with Gasteiger partial charge in [0.25, 0.3) is 0 Å². The van der Waals surface area contributed by atoms with Crippen molar-refractivity contribution in [1.29, 1.82) is 5.26 Å². The number of hydrogen-bond acceptors (Lipinski definition) is 2. The molecule has 0 aromatic heterocycles. The summed E-state index contributed by atoms with van der Waals surface area (Å²) < 4.78 is 0. The fourth-order valence-electron chi connectivity index (χ4n) is 0.701. The monoisotopic (exact) mass is 166 g/mol. The van der Waals surface area contributed by atoms with Crippen LogP contribution in [0.2, 0.25) is 0 Å². The van der Waals surface area contributed by atoms with Gasteiger partial charge in [0.15, 0.2) is 0 Å². The van der Waals surface area contributed by atoms with Crippen LogP contribution in [0.4, 0.5) is 0 Å². The van der Waals surface area contributed by atoms with Crippen LogP contribution < -0.4 is 5.32 Å². The first-order valence-electron chi connectivity index (χ1n) is 3.95. The van der Waals surface area contributed by atoms with Crippen molar-refractivity contribution in [3.05, 3.63) is 11.6 Å². The van der Waals surface area contributed by atoms with Crippen LogP contribution in [0.25, 0.3) is 0 Å². The van der Waals surface area contributed by atoms with Crippen LogP contribution in [0.1, 0.15) is 27.2 Å². The summed E-state index contributed by atoms with van der Waals surface area (Å²) in [6.07, 6.45) is 2.12. The molecule has 0 rings (SSSR count). The molecule has 0 heterocycles. The Bertz CT molecular complexity index is 221. The summed E-state index contributed by atoms with van der Waals surface area (Å²) >= 11 is 0. The molecular formula is C9H14N2O. The third-order valence-electron chi connectivity index (χ3n) is 1.30. The molecule has 3 nitrogen and oxygen atoms in total. The number of carbonyl (C=O) groups is 1. The first-order chi connectivity index (χ1) is 5.60.